The van der Waals surface area contributed by atoms with E-state index in [2.05, 4.69) is 0 Å². The zero-order valence-corrected chi connectivity index (χ0v) is 13.5. The van der Waals surface area contributed by atoms with E-state index in [1.54, 1.807) is 24.3 Å². The zero-order valence-electron chi connectivity index (χ0n) is 11.9. The molecule has 0 unspecified atom stereocenters. The van der Waals surface area contributed by atoms with Gasteiger partial charge >= 0.3 is 0 Å². The first-order chi connectivity index (χ1) is 9.88. The summed E-state index contributed by atoms with van der Waals surface area (Å²) in [5, 5.41) is 0. The van der Waals surface area contributed by atoms with Crippen molar-refractivity contribution in [1.29, 1.82) is 0 Å². The molecule has 2 rings (SSSR count). The van der Waals surface area contributed by atoms with E-state index in [9.17, 15) is 13.2 Å². The molecule has 0 saturated carbocycles. The molecule has 2 aromatic carbocycles. The van der Waals surface area contributed by atoms with Crippen LogP contribution in [0.1, 0.15) is 15.9 Å². The van der Waals surface area contributed by atoms with E-state index < -0.39 is 9.84 Å². The number of aryl methyl sites for hydroxylation is 1. The van der Waals surface area contributed by atoms with Gasteiger partial charge in [0, 0.05) is 16.7 Å². The Hall–Kier alpha value is -1.59. The van der Waals surface area contributed by atoms with Crippen molar-refractivity contribution in [3.63, 3.8) is 0 Å². The molecule has 0 bridgehead atoms. The number of sulfone groups is 1. The first kappa shape index (κ1) is 15.8. The van der Waals surface area contributed by atoms with E-state index in [0.29, 0.717) is 5.75 Å². The van der Waals surface area contributed by atoms with Crippen LogP contribution in [0.5, 0.6) is 0 Å². The smallest absolute Gasteiger partial charge is 0.175 e. The van der Waals surface area contributed by atoms with Crippen LogP contribution in [0.3, 0.4) is 0 Å². The summed E-state index contributed by atoms with van der Waals surface area (Å²) in [7, 11) is -3.18. The van der Waals surface area contributed by atoms with Crippen LogP contribution in [0.2, 0.25) is 0 Å². The molecule has 0 aliphatic rings. The SMILES string of the molecule is Cc1ccccc1C(=O)CSc1ccc(S(C)(=O)=O)cc1. The van der Waals surface area contributed by atoms with Crippen LogP contribution in [0.15, 0.2) is 58.3 Å². The molecule has 3 nitrogen and oxygen atoms in total. The van der Waals surface area contributed by atoms with Gasteiger partial charge in [0.05, 0.1) is 10.6 Å². The zero-order chi connectivity index (χ0) is 15.5. The largest absolute Gasteiger partial charge is 0.293 e. The Morgan fingerprint density at radius 2 is 1.67 bits per heavy atom. The first-order valence-corrected chi connectivity index (χ1v) is 9.27. The Kier molecular flexibility index (Phi) is 4.85. The van der Waals surface area contributed by atoms with Crippen LogP contribution < -0.4 is 0 Å². The molecule has 0 fully saturated rings. The molecule has 0 saturated heterocycles. The van der Waals surface area contributed by atoms with Gasteiger partial charge in [0.25, 0.3) is 0 Å². The number of rotatable bonds is 5. The van der Waals surface area contributed by atoms with Gasteiger partial charge in [0.1, 0.15) is 0 Å². The maximum Gasteiger partial charge on any atom is 0.175 e. The van der Waals surface area contributed by atoms with Crippen molar-refractivity contribution in [3.8, 4) is 0 Å². The summed E-state index contributed by atoms with van der Waals surface area (Å²) in [6.45, 7) is 1.92. The number of hydrogen-bond acceptors (Lipinski definition) is 4. The highest BCUT2D eigenvalue weighted by Gasteiger charge is 2.10. The van der Waals surface area contributed by atoms with Crippen molar-refractivity contribution >= 4 is 27.4 Å². The monoisotopic (exact) mass is 320 g/mol. The number of hydrogen-bond donors (Lipinski definition) is 0. The van der Waals surface area contributed by atoms with E-state index >= 15 is 0 Å². The van der Waals surface area contributed by atoms with Crippen LogP contribution >= 0.6 is 11.8 Å². The minimum atomic E-state index is -3.18. The molecule has 21 heavy (non-hydrogen) atoms. The van der Waals surface area contributed by atoms with Gasteiger partial charge in [-0.3, -0.25) is 4.79 Å². The molecule has 0 aromatic heterocycles. The summed E-state index contributed by atoms with van der Waals surface area (Å²) in [5.41, 5.74) is 1.70. The highest BCUT2D eigenvalue weighted by molar-refractivity contribution is 8.00. The normalized spacial score (nSPS) is 11.3. The number of carbonyl (C=O) groups is 1. The molecule has 0 amide bonds. The van der Waals surface area contributed by atoms with Crippen LogP contribution in [0.25, 0.3) is 0 Å². The Labute approximate surface area is 129 Å². The molecule has 0 aliphatic heterocycles. The van der Waals surface area contributed by atoms with Crippen LogP contribution in [0, 0.1) is 6.92 Å². The van der Waals surface area contributed by atoms with E-state index in [0.717, 1.165) is 16.0 Å². The van der Waals surface area contributed by atoms with E-state index in [4.69, 9.17) is 0 Å². The lowest BCUT2D eigenvalue weighted by molar-refractivity contribution is 0.102. The standard InChI is InChI=1S/C16H16O3S2/c1-12-5-3-4-6-15(12)16(17)11-20-13-7-9-14(10-8-13)21(2,18)19/h3-10H,11H2,1-2H3. The van der Waals surface area contributed by atoms with Gasteiger partial charge in [-0.15, -0.1) is 11.8 Å². The predicted octanol–water partition coefficient (Wildman–Crippen LogP) is 3.37. The summed E-state index contributed by atoms with van der Waals surface area (Å²) >= 11 is 1.41. The molecule has 0 spiro atoms. The third-order valence-electron chi connectivity index (χ3n) is 3.07. The Morgan fingerprint density at radius 3 is 2.24 bits per heavy atom. The summed E-state index contributed by atoms with van der Waals surface area (Å²) in [6, 6.07) is 14.1. The second-order valence-corrected chi connectivity index (χ2v) is 7.83. The van der Waals surface area contributed by atoms with E-state index in [1.165, 1.54) is 18.0 Å². The average molecular weight is 320 g/mol. The van der Waals surface area contributed by atoms with Crippen molar-refractivity contribution < 1.29 is 13.2 Å². The molecule has 0 N–H and O–H groups in total. The first-order valence-electron chi connectivity index (χ1n) is 6.39. The van der Waals surface area contributed by atoms with Gasteiger partial charge < -0.3 is 0 Å². The Morgan fingerprint density at radius 1 is 1.05 bits per heavy atom. The van der Waals surface area contributed by atoms with Gasteiger partial charge in [-0.05, 0) is 36.8 Å². The molecular formula is C16H16O3S2. The van der Waals surface area contributed by atoms with Crippen molar-refractivity contribution in [2.75, 3.05) is 12.0 Å². The third kappa shape index (κ3) is 4.19. The minimum Gasteiger partial charge on any atom is -0.293 e. The molecule has 5 heteroatoms. The lowest BCUT2D eigenvalue weighted by atomic mass is 10.1. The lowest BCUT2D eigenvalue weighted by Gasteiger charge is -2.05. The van der Waals surface area contributed by atoms with Crippen molar-refractivity contribution in [2.45, 2.75) is 16.7 Å². The maximum atomic E-state index is 12.1. The average Bonchev–Trinajstić information content (AvgIpc) is 2.45. The third-order valence-corrected chi connectivity index (χ3v) is 5.21. The number of ketones is 1. The number of thioether (sulfide) groups is 1. The summed E-state index contributed by atoms with van der Waals surface area (Å²) in [6.07, 6.45) is 1.18. The highest BCUT2D eigenvalue weighted by Crippen LogP contribution is 2.22. The number of Topliss-reactive ketones (excluding diaryl/α,β-unsaturated/α-hetero) is 1. The fraction of sp³-hybridized carbons (Fsp3) is 0.188. The highest BCUT2D eigenvalue weighted by atomic mass is 32.2. The fourth-order valence-electron chi connectivity index (χ4n) is 1.90. The maximum absolute atomic E-state index is 12.1. The molecule has 0 radical (unpaired) electrons. The van der Waals surface area contributed by atoms with Crippen molar-refractivity contribution in [1.82, 2.24) is 0 Å². The van der Waals surface area contributed by atoms with Crippen molar-refractivity contribution in [3.05, 3.63) is 59.7 Å². The minimum absolute atomic E-state index is 0.0743. The summed E-state index contributed by atoms with van der Waals surface area (Å²) < 4.78 is 22.7. The van der Waals surface area contributed by atoms with E-state index in [1.807, 2.05) is 31.2 Å². The molecule has 0 heterocycles. The quantitative estimate of drug-likeness (QED) is 0.626. The van der Waals surface area contributed by atoms with Gasteiger partial charge in [-0.2, -0.15) is 0 Å². The second-order valence-electron chi connectivity index (χ2n) is 4.77. The van der Waals surface area contributed by atoms with Crippen LogP contribution in [0.4, 0.5) is 0 Å². The molecule has 110 valence electrons. The fourth-order valence-corrected chi connectivity index (χ4v) is 3.31. The topological polar surface area (TPSA) is 51.2 Å². The second kappa shape index (κ2) is 6.45. The number of benzene rings is 2. The van der Waals surface area contributed by atoms with Gasteiger partial charge in [0.15, 0.2) is 15.6 Å². The van der Waals surface area contributed by atoms with Gasteiger partial charge in [-0.25, -0.2) is 8.42 Å². The molecule has 2 aromatic rings. The van der Waals surface area contributed by atoms with Gasteiger partial charge in [0.2, 0.25) is 0 Å². The molecular weight excluding hydrogens is 304 g/mol. The molecule has 0 aliphatic carbocycles. The Bertz CT molecular complexity index is 747. The Balaban J connectivity index is 2.04. The number of carbonyl (C=O) groups excluding carboxylic acids is 1. The molecule has 0 atom stereocenters. The predicted molar refractivity (Wildman–Crippen MR) is 85.8 cm³/mol. The van der Waals surface area contributed by atoms with Crippen LogP contribution in [-0.4, -0.2) is 26.2 Å². The van der Waals surface area contributed by atoms with E-state index in [-0.39, 0.29) is 10.7 Å². The summed E-state index contributed by atoms with van der Waals surface area (Å²) in [5.74, 6) is 0.411. The van der Waals surface area contributed by atoms with Crippen molar-refractivity contribution in [2.24, 2.45) is 0 Å². The lowest BCUT2D eigenvalue weighted by Crippen LogP contribution is -2.04. The van der Waals surface area contributed by atoms with Crippen LogP contribution in [-0.2, 0) is 9.84 Å². The van der Waals surface area contributed by atoms with Gasteiger partial charge in [-0.1, -0.05) is 24.3 Å². The summed E-state index contributed by atoms with van der Waals surface area (Å²) in [4.78, 5) is 13.3.